The van der Waals surface area contributed by atoms with Crippen LogP contribution in [0.2, 0.25) is 0 Å². The first-order chi connectivity index (χ1) is 7.24. The highest BCUT2D eigenvalue weighted by atomic mass is 16.5. The second kappa shape index (κ2) is 4.66. The van der Waals surface area contributed by atoms with Gasteiger partial charge in [-0.1, -0.05) is 13.8 Å². The lowest BCUT2D eigenvalue weighted by molar-refractivity contribution is 0.195. The predicted molar refractivity (Wildman–Crippen MR) is 59.9 cm³/mol. The van der Waals surface area contributed by atoms with Crippen LogP contribution in [-0.2, 0) is 11.3 Å². The van der Waals surface area contributed by atoms with Crippen LogP contribution < -0.4 is 5.32 Å². The van der Waals surface area contributed by atoms with Gasteiger partial charge < -0.3 is 10.1 Å². The number of nitrogens with one attached hydrogen (secondary N) is 1. The maximum atomic E-state index is 5.31. The van der Waals surface area contributed by atoms with Gasteiger partial charge in [0.25, 0.3) is 0 Å². The molecule has 4 heteroatoms. The largest absolute Gasteiger partial charge is 0.379 e. The van der Waals surface area contributed by atoms with Gasteiger partial charge in [-0.3, -0.25) is 4.68 Å². The van der Waals surface area contributed by atoms with Crippen LogP contribution in [0.5, 0.6) is 0 Å². The van der Waals surface area contributed by atoms with Crippen LogP contribution in [0.3, 0.4) is 0 Å². The van der Waals surface area contributed by atoms with Crippen molar-refractivity contribution in [1.29, 1.82) is 0 Å². The average Bonchev–Trinajstić information content (AvgIpc) is 2.77. The predicted octanol–water partition coefficient (Wildman–Crippen LogP) is 1.74. The van der Waals surface area contributed by atoms with E-state index in [2.05, 4.69) is 30.5 Å². The molecule has 1 unspecified atom stereocenters. The molecule has 1 saturated heterocycles. The summed E-state index contributed by atoms with van der Waals surface area (Å²) in [5.41, 5.74) is 1.10. The van der Waals surface area contributed by atoms with E-state index in [9.17, 15) is 0 Å². The highest BCUT2D eigenvalue weighted by Gasteiger charge is 2.15. The fourth-order valence-electron chi connectivity index (χ4n) is 1.80. The number of rotatable bonds is 4. The van der Waals surface area contributed by atoms with Crippen LogP contribution in [0.1, 0.15) is 20.3 Å². The molecular formula is C11H19N3O. The Bertz CT molecular complexity index is 303. The van der Waals surface area contributed by atoms with Crippen molar-refractivity contribution in [2.45, 2.75) is 32.9 Å². The van der Waals surface area contributed by atoms with Gasteiger partial charge in [0, 0.05) is 19.3 Å². The second-order valence-corrected chi connectivity index (χ2v) is 4.55. The molecule has 1 fully saturated rings. The average molecular weight is 209 g/mol. The van der Waals surface area contributed by atoms with Gasteiger partial charge in [0.05, 0.1) is 24.5 Å². The lowest BCUT2D eigenvalue weighted by Gasteiger charge is -2.09. The standard InChI is InChI=1S/C11H19N3O/c1-9(2)6-14-7-11(5-12-14)13-10-3-4-15-8-10/h5,7,9-10,13H,3-4,6,8H2,1-2H3. The molecule has 2 heterocycles. The van der Waals surface area contributed by atoms with Crippen molar-refractivity contribution < 1.29 is 4.74 Å². The summed E-state index contributed by atoms with van der Waals surface area (Å²) in [4.78, 5) is 0. The van der Waals surface area contributed by atoms with Crippen LogP contribution in [0.25, 0.3) is 0 Å². The zero-order chi connectivity index (χ0) is 10.7. The molecule has 1 atom stereocenters. The van der Waals surface area contributed by atoms with Gasteiger partial charge in [0.1, 0.15) is 0 Å². The third-order valence-electron chi connectivity index (χ3n) is 2.49. The number of nitrogens with zero attached hydrogens (tertiary/aromatic N) is 2. The fourth-order valence-corrected chi connectivity index (χ4v) is 1.80. The normalized spacial score (nSPS) is 21.1. The minimum Gasteiger partial charge on any atom is -0.379 e. The maximum Gasteiger partial charge on any atom is 0.0729 e. The first kappa shape index (κ1) is 10.5. The Hall–Kier alpha value is -1.03. The highest BCUT2D eigenvalue weighted by Crippen LogP contribution is 2.13. The summed E-state index contributed by atoms with van der Waals surface area (Å²) in [5, 5.41) is 7.74. The van der Waals surface area contributed by atoms with E-state index in [1.54, 1.807) is 0 Å². The van der Waals surface area contributed by atoms with Crippen LogP contribution in [0.15, 0.2) is 12.4 Å². The smallest absolute Gasteiger partial charge is 0.0729 e. The Morgan fingerprint density at radius 3 is 3.20 bits per heavy atom. The number of hydrogen-bond acceptors (Lipinski definition) is 3. The van der Waals surface area contributed by atoms with Gasteiger partial charge in [-0.15, -0.1) is 0 Å². The van der Waals surface area contributed by atoms with Crippen molar-refractivity contribution in [2.75, 3.05) is 18.5 Å². The van der Waals surface area contributed by atoms with E-state index >= 15 is 0 Å². The van der Waals surface area contributed by atoms with E-state index < -0.39 is 0 Å². The van der Waals surface area contributed by atoms with Crippen LogP contribution >= 0.6 is 0 Å². The van der Waals surface area contributed by atoms with Crippen LogP contribution in [-0.4, -0.2) is 29.0 Å². The SMILES string of the molecule is CC(C)Cn1cc(NC2CCOC2)cn1. The summed E-state index contributed by atoms with van der Waals surface area (Å²) in [7, 11) is 0. The number of aromatic nitrogens is 2. The summed E-state index contributed by atoms with van der Waals surface area (Å²) < 4.78 is 7.30. The molecule has 1 aromatic rings. The zero-order valence-electron chi connectivity index (χ0n) is 9.44. The van der Waals surface area contributed by atoms with Crippen molar-refractivity contribution in [2.24, 2.45) is 5.92 Å². The second-order valence-electron chi connectivity index (χ2n) is 4.55. The third kappa shape index (κ3) is 2.96. The summed E-state index contributed by atoms with van der Waals surface area (Å²) >= 11 is 0. The van der Waals surface area contributed by atoms with Gasteiger partial charge in [-0.25, -0.2) is 0 Å². The van der Waals surface area contributed by atoms with Gasteiger partial charge in [-0.05, 0) is 12.3 Å². The van der Waals surface area contributed by atoms with Crippen molar-refractivity contribution >= 4 is 5.69 Å². The molecule has 0 spiro atoms. The summed E-state index contributed by atoms with van der Waals surface area (Å²) in [6.45, 7) is 7.05. The molecule has 0 aliphatic carbocycles. The monoisotopic (exact) mass is 209 g/mol. The van der Waals surface area contributed by atoms with Crippen molar-refractivity contribution in [1.82, 2.24) is 9.78 Å². The third-order valence-corrected chi connectivity index (χ3v) is 2.49. The number of anilines is 1. The Balaban J connectivity index is 1.88. The molecule has 15 heavy (non-hydrogen) atoms. The Kier molecular flexibility index (Phi) is 3.26. The fraction of sp³-hybridized carbons (Fsp3) is 0.727. The molecule has 0 aromatic carbocycles. The molecule has 84 valence electrons. The summed E-state index contributed by atoms with van der Waals surface area (Å²) in [6.07, 6.45) is 5.05. The zero-order valence-corrected chi connectivity index (χ0v) is 9.44. The van der Waals surface area contributed by atoms with E-state index in [0.29, 0.717) is 12.0 Å². The molecule has 4 nitrogen and oxygen atoms in total. The lowest BCUT2D eigenvalue weighted by Crippen LogP contribution is -2.18. The number of hydrogen-bond donors (Lipinski definition) is 1. The van der Waals surface area contributed by atoms with E-state index in [1.165, 1.54) is 0 Å². The van der Waals surface area contributed by atoms with Crippen molar-refractivity contribution in [3.8, 4) is 0 Å². The highest BCUT2D eigenvalue weighted by molar-refractivity contribution is 5.39. The van der Waals surface area contributed by atoms with E-state index in [-0.39, 0.29) is 0 Å². The Morgan fingerprint density at radius 1 is 1.67 bits per heavy atom. The summed E-state index contributed by atoms with van der Waals surface area (Å²) in [6, 6.07) is 0.460. The molecule has 1 aliphatic rings. The molecule has 0 bridgehead atoms. The van der Waals surface area contributed by atoms with E-state index in [4.69, 9.17) is 4.74 Å². The first-order valence-electron chi connectivity index (χ1n) is 5.61. The molecule has 0 radical (unpaired) electrons. The molecule has 2 rings (SSSR count). The molecule has 1 N–H and O–H groups in total. The lowest BCUT2D eigenvalue weighted by atomic mass is 10.2. The van der Waals surface area contributed by atoms with Crippen LogP contribution in [0, 0.1) is 5.92 Å². The quantitative estimate of drug-likeness (QED) is 0.821. The van der Waals surface area contributed by atoms with Gasteiger partial charge in [0.15, 0.2) is 0 Å². The van der Waals surface area contributed by atoms with Gasteiger partial charge in [-0.2, -0.15) is 5.10 Å². The molecule has 0 amide bonds. The van der Waals surface area contributed by atoms with E-state index in [0.717, 1.165) is 31.9 Å². The topological polar surface area (TPSA) is 39.1 Å². The molecule has 1 aliphatic heterocycles. The molecular weight excluding hydrogens is 190 g/mol. The minimum absolute atomic E-state index is 0.460. The molecule has 0 saturated carbocycles. The van der Waals surface area contributed by atoms with Crippen LogP contribution in [0.4, 0.5) is 5.69 Å². The maximum absolute atomic E-state index is 5.31. The molecule has 1 aromatic heterocycles. The first-order valence-corrected chi connectivity index (χ1v) is 5.61. The van der Waals surface area contributed by atoms with Gasteiger partial charge in [0.2, 0.25) is 0 Å². The van der Waals surface area contributed by atoms with Crippen molar-refractivity contribution in [3.05, 3.63) is 12.4 Å². The Morgan fingerprint density at radius 2 is 2.53 bits per heavy atom. The van der Waals surface area contributed by atoms with E-state index in [1.807, 2.05) is 10.9 Å². The Labute approximate surface area is 90.6 Å². The van der Waals surface area contributed by atoms with Gasteiger partial charge >= 0.3 is 0 Å². The number of ether oxygens (including phenoxy) is 1. The summed E-state index contributed by atoms with van der Waals surface area (Å²) in [5.74, 6) is 0.632. The van der Waals surface area contributed by atoms with Crippen molar-refractivity contribution in [3.63, 3.8) is 0 Å². The minimum atomic E-state index is 0.460.